The molecule has 0 amide bonds. The quantitative estimate of drug-likeness (QED) is 0.613. The van der Waals surface area contributed by atoms with Crippen molar-refractivity contribution in [1.29, 1.82) is 0 Å². The van der Waals surface area contributed by atoms with E-state index in [0.29, 0.717) is 11.5 Å². The van der Waals surface area contributed by atoms with Gasteiger partial charge in [0.05, 0.1) is 0 Å². The molecule has 0 fully saturated rings. The van der Waals surface area contributed by atoms with Crippen LogP contribution in [-0.2, 0) is 0 Å². The molecule has 0 aliphatic carbocycles. The number of rotatable bonds is 1. The summed E-state index contributed by atoms with van der Waals surface area (Å²) >= 11 is 0. The second-order valence-corrected chi connectivity index (χ2v) is 2.27. The minimum absolute atomic E-state index is 0.616. The van der Waals surface area contributed by atoms with Gasteiger partial charge in [-0.1, -0.05) is 12.1 Å². The molecule has 0 saturated carbocycles. The van der Waals surface area contributed by atoms with Crippen LogP contribution in [0, 0.1) is 0 Å². The van der Waals surface area contributed by atoms with Crippen LogP contribution in [0.1, 0.15) is 0 Å². The Morgan fingerprint density at radius 3 is 2.18 bits per heavy atom. The van der Waals surface area contributed by atoms with E-state index in [1.807, 2.05) is 12.1 Å². The Morgan fingerprint density at radius 1 is 1.18 bits per heavy atom. The number of benzene rings is 1. The first-order valence-electron chi connectivity index (χ1n) is 3.38. The van der Waals surface area contributed by atoms with Gasteiger partial charge in [0.1, 0.15) is 0 Å². The second-order valence-electron chi connectivity index (χ2n) is 2.27. The molecule has 2 rings (SSSR count). The van der Waals surface area contributed by atoms with E-state index in [0.717, 1.165) is 0 Å². The Bertz CT molecular complexity index is 237. The lowest BCUT2D eigenvalue weighted by Crippen LogP contribution is -2.19. The number of fused-ring (bicyclic) bond motifs is 1. The van der Waals surface area contributed by atoms with Crippen molar-refractivity contribution in [3.63, 3.8) is 0 Å². The van der Waals surface area contributed by atoms with Crippen molar-refractivity contribution in [1.82, 2.24) is 0 Å². The van der Waals surface area contributed by atoms with E-state index in [9.17, 15) is 4.39 Å². The van der Waals surface area contributed by atoms with Crippen LogP contribution in [0.5, 0.6) is 11.5 Å². The third-order valence-corrected chi connectivity index (χ3v) is 1.49. The highest BCUT2D eigenvalue weighted by molar-refractivity contribution is 5.41. The molecule has 0 atom stereocenters. The van der Waals surface area contributed by atoms with E-state index in [1.165, 1.54) is 0 Å². The number of hydrogen-bond acceptors (Lipinski definition) is 2. The number of halogens is 1. The molecule has 1 aliphatic heterocycles. The van der Waals surface area contributed by atoms with Gasteiger partial charge >= 0.3 is 0 Å². The highest BCUT2D eigenvalue weighted by atomic mass is 19.1. The number of para-hydroxylation sites is 2. The summed E-state index contributed by atoms with van der Waals surface area (Å²) in [5, 5.41) is 0. The average molecular weight is 154 g/mol. The molecule has 11 heavy (non-hydrogen) atoms. The van der Waals surface area contributed by atoms with E-state index < -0.39 is 13.0 Å². The lowest BCUT2D eigenvalue weighted by molar-refractivity contribution is 0.0271. The fourth-order valence-corrected chi connectivity index (χ4v) is 1.02. The van der Waals surface area contributed by atoms with Crippen LogP contribution in [0.15, 0.2) is 24.3 Å². The number of hydrogen-bond donors (Lipinski definition) is 0. The van der Waals surface area contributed by atoms with Crippen LogP contribution in [-0.4, -0.2) is 13.0 Å². The highest BCUT2D eigenvalue weighted by Gasteiger charge is 2.22. The lowest BCUT2D eigenvalue weighted by atomic mass is 10.3. The molecular formula is C8H7FO2. The molecule has 1 aromatic rings. The molecule has 0 spiro atoms. The summed E-state index contributed by atoms with van der Waals surface area (Å²) in [6.07, 6.45) is -0.743. The molecule has 1 aromatic carbocycles. The molecule has 58 valence electrons. The molecule has 1 heterocycles. The standard InChI is InChI=1S/C8H7FO2/c9-5-8-10-6-3-1-2-4-7(6)11-8/h1-4,8H,5H2. The fraction of sp³-hybridized carbons (Fsp3) is 0.250. The second kappa shape index (κ2) is 2.42. The van der Waals surface area contributed by atoms with E-state index in [-0.39, 0.29) is 0 Å². The SMILES string of the molecule is FCC1Oc2ccccc2O1. The van der Waals surface area contributed by atoms with Crippen LogP contribution < -0.4 is 9.47 Å². The zero-order valence-electron chi connectivity index (χ0n) is 5.79. The van der Waals surface area contributed by atoms with Gasteiger partial charge < -0.3 is 9.47 Å². The third kappa shape index (κ3) is 1.02. The molecule has 0 radical (unpaired) electrons. The summed E-state index contributed by atoms with van der Waals surface area (Å²) in [5.74, 6) is 1.24. The van der Waals surface area contributed by atoms with Gasteiger partial charge in [0.2, 0.25) is 0 Å². The average Bonchev–Trinajstić information content (AvgIpc) is 2.46. The van der Waals surface area contributed by atoms with Crippen LogP contribution in [0.25, 0.3) is 0 Å². The van der Waals surface area contributed by atoms with Gasteiger partial charge in [-0.3, -0.25) is 0 Å². The van der Waals surface area contributed by atoms with Crippen molar-refractivity contribution in [2.75, 3.05) is 6.67 Å². The van der Waals surface area contributed by atoms with Crippen molar-refractivity contribution in [2.45, 2.75) is 6.29 Å². The zero-order valence-corrected chi connectivity index (χ0v) is 5.79. The lowest BCUT2D eigenvalue weighted by Gasteiger charge is -2.02. The van der Waals surface area contributed by atoms with Crippen molar-refractivity contribution >= 4 is 0 Å². The Hall–Kier alpha value is -1.25. The van der Waals surface area contributed by atoms with Crippen molar-refractivity contribution < 1.29 is 13.9 Å². The molecular weight excluding hydrogens is 147 g/mol. The third-order valence-electron chi connectivity index (χ3n) is 1.49. The highest BCUT2D eigenvalue weighted by Crippen LogP contribution is 2.33. The van der Waals surface area contributed by atoms with Gasteiger partial charge in [-0.25, -0.2) is 4.39 Å². The van der Waals surface area contributed by atoms with Gasteiger partial charge in [0.25, 0.3) is 6.29 Å². The van der Waals surface area contributed by atoms with Crippen molar-refractivity contribution in [2.24, 2.45) is 0 Å². The predicted molar refractivity (Wildman–Crippen MR) is 37.5 cm³/mol. The summed E-state index contributed by atoms with van der Waals surface area (Å²) < 4.78 is 22.1. The topological polar surface area (TPSA) is 18.5 Å². The van der Waals surface area contributed by atoms with E-state index in [4.69, 9.17) is 9.47 Å². The zero-order chi connectivity index (χ0) is 7.68. The van der Waals surface area contributed by atoms with Gasteiger partial charge in [-0.2, -0.15) is 0 Å². The maximum Gasteiger partial charge on any atom is 0.269 e. The van der Waals surface area contributed by atoms with Crippen LogP contribution in [0.4, 0.5) is 4.39 Å². The molecule has 2 nitrogen and oxygen atoms in total. The Kier molecular flexibility index (Phi) is 1.42. The molecule has 0 bridgehead atoms. The summed E-state index contributed by atoms with van der Waals surface area (Å²) in [5.41, 5.74) is 0. The molecule has 1 aliphatic rings. The van der Waals surface area contributed by atoms with E-state index in [2.05, 4.69) is 0 Å². The first-order chi connectivity index (χ1) is 5.40. The van der Waals surface area contributed by atoms with E-state index >= 15 is 0 Å². The van der Waals surface area contributed by atoms with Gasteiger partial charge in [-0.15, -0.1) is 0 Å². The Balaban J connectivity index is 2.27. The first kappa shape index (κ1) is 6.46. The van der Waals surface area contributed by atoms with Crippen LogP contribution in [0.3, 0.4) is 0 Å². The first-order valence-corrected chi connectivity index (χ1v) is 3.38. The van der Waals surface area contributed by atoms with Gasteiger partial charge in [0, 0.05) is 0 Å². The number of ether oxygens (including phenoxy) is 2. The van der Waals surface area contributed by atoms with Gasteiger partial charge in [0.15, 0.2) is 18.2 Å². The van der Waals surface area contributed by atoms with Crippen LogP contribution >= 0.6 is 0 Å². The molecule has 0 unspecified atom stereocenters. The summed E-state index contributed by atoms with van der Waals surface area (Å²) in [6.45, 7) is -0.616. The van der Waals surface area contributed by atoms with Gasteiger partial charge in [-0.05, 0) is 12.1 Å². The summed E-state index contributed by atoms with van der Waals surface area (Å²) in [7, 11) is 0. The summed E-state index contributed by atoms with van der Waals surface area (Å²) in [4.78, 5) is 0. The molecule has 0 saturated heterocycles. The maximum absolute atomic E-state index is 12.0. The van der Waals surface area contributed by atoms with Crippen LogP contribution in [0.2, 0.25) is 0 Å². The maximum atomic E-state index is 12.0. The Morgan fingerprint density at radius 2 is 1.73 bits per heavy atom. The van der Waals surface area contributed by atoms with Crippen molar-refractivity contribution in [3.05, 3.63) is 24.3 Å². The van der Waals surface area contributed by atoms with E-state index in [1.54, 1.807) is 12.1 Å². The fourth-order valence-electron chi connectivity index (χ4n) is 1.02. The largest absolute Gasteiger partial charge is 0.448 e. The minimum atomic E-state index is -0.743. The number of alkyl halides is 1. The van der Waals surface area contributed by atoms with Crippen molar-refractivity contribution in [3.8, 4) is 11.5 Å². The normalized spacial score (nSPS) is 15.4. The monoisotopic (exact) mass is 154 g/mol. The smallest absolute Gasteiger partial charge is 0.269 e. The minimum Gasteiger partial charge on any atom is -0.448 e. The molecule has 0 N–H and O–H groups in total. The predicted octanol–water partition coefficient (Wildman–Crippen LogP) is 1.75. The summed E-state index contributed by atoms with van der Waals surface area (Å²) in [6, 6.07) is 7.15. The molecule has 3 heteroatoms. The Labute approximate surface area is 63.5 Å². The molecule has 0 aromatic heterocycles.